The fraction of sp³-hybridized carbons (Fsp3) is 1.00. The number of fused-ring (bicyclic) bond motifs is 3. The lowest BCUT2D eigenvalue weighted by atomic mass is 9.85. The first-order chi connectivity index (χ1) is 6.36. The summed E-state index contributed by atoms with van der Waals surface area (Å²) in [5.41, 5.74) is 5.88. The van der Waals surface area contributed by atoms with Gasteiger partial charge in [0, 0.05) is 12.6 Å². The number of nitrogens with two attached hydrogens (primary N) is 1. The summed E-state index contributed by atoms with van der Waals surface area (Å²) in [6.45, 7) is 3.77. The summed E-state index contributed by atoms with van der Waals surface area (Å²) in [5.74, 6) is 0.856. The topological polar surface area (TPSA) is 83.6 Å². The molecule has 1 atom stereocenters. The van der Waals surface area contributed by atoms with E-state index < -0.39 is 10.1 Å². The molecule has 3 N–H and O–H groups in total. The van der Waals surface area contributed by atoms with E-state index in [-0.39, 0.29) is 0 Å². The highest BCUT2D eigenvalue weighted by Crippen LogP contribution is 2.25. The smallest absolute Gasteiger partial charge is 0.261 e. The second-order valence-electron chi connectivity index (χ2n) is 4.03. The molecule has 3 rings (SSSR count). The Morgan fingerprint density at radius 3 is 1.93 bits per heavy atom. The van der Waals surface area contributed by atoms with Crippen molar-refractivity contribution >= 4 is 10.1 Å². The average Bonchev–Trinajstić information content (AvgIpc) is 2.02. The van der Waals surface area contributed by atoms with Gasteiger partial charge >= 0.3 is 0 Å². The third-order valence-corrected chi connectivity index (χ3v) is 2.71. The van der Waals surface area contributed by atoms with E-state index in [0.29, 0.717) is 12.3 Å². The van der Waals surface area contributed by atoms with Crippen LogP contribution in [-0.4, -0.2) is 49.8 Å². The van der Waals surface area contributed by atoms with Crippen molar-refractivity contribution in [1.82, 2.24) is 4.90 Å². The Morgan fingerprint density at radius 1 is 1.36 bits per heavy atom. The highest BCUT2D eigenvalue weighted by Gasteiger charge is 2.31. The van der Waals surface area contributed by atoms with Crippen LogP contribution in [0, 0.1) is 5.92 Å². The van der Waals surface area contributed by atoms with E-state index in [4.69, 9.17) is 10.3 Å². The van der Waals surface area contributed by atoms with Crippen LogP contribution in [0.1, 0.15) is 12.8 Å². The first-order valence-corrected chi connectivity index (χ1v) is 6.61. The van der Waals surface area contributed by atoms with Crippen LogP contribution in [0.25, 0.3) is 0 Å². The Kier molecular flexibility index (Phi) is 3.88. The summed E-state index contributed by atoms with van der Waals surface area (Å²) in [6.07, 6.45) is 3.41. The van der Waals surface area contributed by atoms with Crippen LogP contribution in [-0.2, 0) is 10.1 Å². The van der Waals surface area contributed by atoms with E-state index in [1.807, 2.05) is 0 Å². The van der Waals surface area contributed by atoms with Crippen LogP contribution in [0.2, 0.25) is 0 Å². The molecule has 2 bridgehead atoms. The molecule has 3 aliphatic heterocycles. The molecule has 0 radical (unpaired) electrons. The van der Waals surface area contributed by atoms with E-state index in [2.05, 4.69) is 4.90 Å². The lowest BCUT2D eigenvalue weighted by Crippen LogP contribution is -2.54. The molecule has 0 amide bonds. The quantitative estimate of drug-likeness (QED) is 0.542. The SMILES string of the molecule is CS(=O)(=O)O.NC1CN2CCC1CC2. The van der Waals surface area contributed by atoms with Gasteiger partial charge in [-0.1, -0.05) is 0 Å². The van der Waals surface area contributed by atoms with Crippen molar-refractivity contribution in [2.75, 3.05) is 25.9 Å². The Morgan fingerprint density at radius 2 is 1.79 bits per heavy atom. The standard InChI is InChI=1S/C7H14N2.CH4O3S/c8-7-5-9-3-1-6(7)2-4-9;1-5(2,3)4/h6-7H,1-5,8H2;1H3,(H,2,3,4). The fourth-order valence-corrected chi connectivity index (χ4v) is 2.01. The Bertz CT molecular complexity index is 262. The van der Waals surface area contributed by atoms with Crippen molar-refractivity contribution in [2.45, 2.75) is 18.9 Å². The minimum absolute atomic E-state index is 0.493. The van der Waals surface area contributed by atoms with E-state index >= 15 is 0 Å². The van der Waals surface area contributed by atoms with Crippen LogP contribution < -0.4 is 5.73 Å². The molecule has 0 aliphatic carbocycles. The summed E-state index contributed by atoms with van der Waals surface area (Å²) in [6, 6.07) is 0.493. The molecular formula is C8H18N2O3S. The van der Waals surface area contributed by atoms with E-state index in [1.165, 1.54) is 25.9 Å². The van der Waals surface area contributed by atoms with Crippen LogP contribution >= 0.6 is 0 Å². The van der Waals surface area contributed by atoms with Gasteiger partial charge in [-0.2, -0.15) is 8.42 Å². The van der Waals surface area contributed by atoms with Crippen molar-refractivity contribution in [3.8, 4) is 0 Å². The summed E-state index contributed by atoms with van der Waals surface area (Å²) in [5, 5.41) is 0. The molecule has 0 saturated carbocycles. The molecule has 3 heterocycles. The average molecular weight is 222 g/mol. The first-order valence-electron chi connectivity index (χ1n) is 4.76. The molecular weight excluding hydrogens is 204 g/mol. The van der Waals surface area contributed by atoms with Crippen LogP contribution in [0.3, 0.4) is 0 Å². The maximum absolute atomic E-state index is 9.19. The summed E-state index contributed by atoms with van der Waals surface area (Å²) in [7, 11) is -3.67. The second kappa shape index (κ2) is 4.57. The van der Waals surface area contributed by atoms with Gasteiger partial charge < -0.3 is 10.6 Å². The molecule has 0 aromatic heterocycles. The number of nitrogens with zero attached hydrogens (tertiary/aromatic N) is 1. The van der Waals surface area contributed by atoms with Crippen molar-refractivity contribution in [3.63, 3.8) is 0 Å². The maximum atomic E-state index is 9.19. The zero-order chi connectivity index (χ0) is 10.8. The number of rotatable bonds is 0. The summed E-state index contributed by atoms with van der Waals surface area (Å²) < 4.78 is 25.9. The van der Waals surface area contributed by atoms with Crippen molar-refractivity contribution in [1.29, 1.82) is 0 Å². The van der Waals surface area contributed by atoms with Crippen molar-refractivity contribution < 1.29 is 13.0 Å². The molecule has 0 aromatic carbocycles. The van der Waals surface area contributed by atoms with E-state index in [0.717, 1.165) is 12.5 Å². The number of piperidine rings is 3. The van der Waals surface area contributed by atoms with Crippen LogP contribution in [0.5, 0.6) is 0 Å². The normalized spacial score (nSPS) is 36.1. The molecule has 0 spiro atoms. The predicted molar refractivity (Wildman–Crippen MR) is 54.6 cm³/mol. The monoisotopic (exact) mass is 222 g/mol. The third kappa shape index (κ3) is 4.36. The predicted octanol–water partition coefficient (Wildman–Crippen LogP) is -0.457. The lowest BCUT2D eigenvalue weighted by Gasteiger charge is -2.43. The Labute approximate surface area is 85.0 Å². The largest absolute Gasteiger partial charge is 0.326 e. The minimum atomic E-state index is -3.67. The van der Waals surface area contributed by atoms with Gasteiger partial charge in [0.15, 0.2) is 0 Å². The molecule has 84 valence electrons. The van der Waals surface area contributed by atoms with E-state index in [9.17, 15) is 8.42 Å². The van der Waals surface area contributed by atoms with Gasteiger partial charge in [-0.25, -0.2) is 0 Å². The fourth-order valence-electron chi connectivity index (χ4n) is 2.01. The molecule has 14 heavy (non-hydrogen) atoms. The Balaban J connectivity index is 0.000000171. The second-order valence-corrected chi connectivity index (χ2v) is 5.50. The molecule has 0 aromatic rings. The number of hydrogen-bond donors (Lipinski definition) is 2. The Hall–Kier alpha value is -0.170. The van der Waals surface area contributed by atoms with Gasteiger partial charge in [0.2, 0.25) is 0 Å². The zero-order valence-electron chi connectivity index (χ0n) is 8.39. The lowest BCUT2D eigenvalue weighted by molar-refractivity contribution is 0.0896. The molecule has 3 saturated heterocycles. The van der Waals surface area contributed by atoms with Gasteiger partial charge in [0.25, 0.3) is 10.1 Å². The molecule has 6 heteroatoms. The van der Waals surface area contributed by atoms with Crippen molar-refractivity contribution in [3.05, 3.63) is 0 Å². The maximum Gasteiger partial charge on any atom is 0.261 e. The van der Waals surface area contributed by atoms with Gasteiger partial charge in [0.05, 0.1) is 6.26 Å². The number of hydrogen-bond acceptors (Lipinski definition) is 4. The van der Waals surface area contributed by atoms with Crippen LogP contribution in [0.4, 0.5) is 0 Å². The third-order valence-electron chi connectivity index (χ3n) is 2.71. The molecule has 1 unspecified atom stereocenters. The zero-order valence-corrected chi connectivity index (χ0v) is 9.20. The van der Waals surface area contributed by atoms with Gasteiger partial charge in [0.1, 0.15) is 0 Å². The molecule has 3 fully saturated rings. The highest BCUT2D eigenvalue weighted by molar-refractivity contribution is 7.85. The first kappa shape index (κ1) is 11.9. The van der Waals surface area contributed by atoms with Gasteiger partial charge in [-0.3, -0.25) is 4.55 Å². The molecule has 3 aliphatic rings. The van der Waals surface area contributed by atoms with E-state index in [1.54, 1.807) is 0 Å². The molecule has 5 nitrogen and oxygen atoms in total. The van der Waals surface area contributed by atoms with Gasteiger partial charge in [-0.15, -0.1) is 0 Å². The summed E-state index contributed by atoms with van der Waals surface area (Å²) >= 11 is 0. The summed E-state index contributed by atoms with van der Waals surface area (Å²) in [4.78, 5) is 2.48. The highest BCUT2D eigenvalue weighted by atomic mass is 32.2. The minimum Gasteiger partial charge on any atom is -0.326 e. The van der Waals surface area contributed by atoms with Gasteiger partial charge in [-0.05, 0) is 31.8 Å². The van der Waals surface area contributed by atoms with Crippen LogP contribution in [0.15, 0.2) is 0 Å². The van der Waals surface area contributed by atoms with Crippen molar-refractivity contribution in [2.24, 2.45) is 11.7 Å².